The fraction of sp³-hybridized carbons (Fsp3) is 0.408. The Morgan fingerprint density at radius 3 is 2.30 bits per heavy atom. The fourth-order valence-corrected chi connectivity index (χ4v) is 13.5. The monoisotopic (exact) mass is 979 g/mol. The molecule has 1 saturated carbocycles. The Balaban J connectivity index is 1.12. The highest BCUT2D eigenvalue weighted by Gasteiger charge is 2.59. The molecule has 1 aliphatic carbocycles. The van der Waals surface area contributed by atoms with Gasteiger partial charge in [-0.05, 0) is 117 Å². The average Bonchev–Trinajstić information content (AvgIpc) is 3.82. The van der Waals surface area contributed by atoms with Crippen molar-refractivity contribution in [3.05, 3.63) is 133 Å². The second-order valence-electron chi connectivity index (χ2n) is 18.9. The van der Waals surface area contributed by atoms with Crippen LogP contribution in [-0.2, 0) is 31.3 Å². The second kappa shape index (κ2) is 17.0. The summed E-state index contributed by atoms with van der Waals surface area (Å²) in [7, 11) is -6.80. The Morgan fingerprint density at radius 2 is 1.67 bits per heavy atom. The van der Waals surface area contributed by atoms with Crippen LogP contribution in [0.25, 0.3) is 28.1 Å². The number of sulfonamides is 1. The van der Waals surface area contributed by atoms with E-state index in [4.69, 9.17) is 14.4 Å². The number of halogens is 1. The Kier molecular flexibility index (Phi) is 11.4. The number of ether oxygens (including phenoxy) is 1. The first-order chi connectivity index (χ1) is 32.9. The number of nitrogens with one attached hydrogen (secondary N) is 2. The number of imidazole rings is 1. The fourth-order valence-electron chi connectivity index (χ4n) is 10.8. The highest BCUT2D eigenvalue weighted by atomic mass is 32.2. The van der Waals surface area contributed by atoms with E-state index in [1.165, 1.54) is 15.2 Å². The summed E-state index contributed by atoms with van der Waals surface area (Å²) in [5, 5.41) is 10.5. The van der Waals surface area contributed by atoms with Gasteiger partial charge in [0.25, 0.3) is 5.91 Å². The van der Waals surface area contributed by atoms with Gasteiger partial charge in [0.05, 0.1) is 35.1 Å². The van der Waals surface area contributed by atoms with E-state index < -0.39 is 40.2 Å². The van der Waals surface area contributed by atoms with Crippen LogP contribution in [0.2, 0.25) is 0 Å². The number of fused-ring (bicyclic) bond motifs is 2. The zero-order chi connectivity index (χ0) is 48.9. The minimum Gasteiger partial charge on any atom is -0.381 e. The second-order valence-corrected chi connectivity index (χ2v) is 24.1. The molecule has 4 aromatic heterocycles. The predicted molar refractivity (Wildman–Crippen MR) is 261 cm³/mol. The number of aryl methyl sites for hydroxylation is 2. The lowest BCUT2D eigenvalue weighted by Gasteiger charge is -2.34. The number of H-pyrrole nitrogens is 1. The number of benzene rings is 3. The quantitative estimate of drug-likeness (QED) is 0.120. The maximum Gasteiger partial charge on any atom is 0.438 e. The molecule has 3 atom stereocenters. The molecule has 2 N–H and O–H groups in total. The standard InChI is InChI=1S/C49H55FN9O8PS/c1-8-68(63,9-2)41-13-11-35(26-38(41)54-69(7,64)65)56-18-19-57(48(56)62)44-42-31(6)55(17-14-37(42)52-59(44)36-22-28(3)43(50)29(4)23-36)45(60)40-25-34-24-33(32-15-20-66-21-16-32)10-12-39(34)58(40)49(27-30(49)5)46-51-47(61)67-53-46/h10-13,18-19,22-26,30-32,54H,8-9,14-17,20-21,27H2,1-7H3,(H,51,53,61). The summed E-state index contributed by atoms with van der Waals surface area (Å²) in [5.41, 5.74) is 3.92. The van der Waals surface area contributed by atoms with Crippen molar-refractivity contribution in [2.75, 3.05) is 43.1 Å². The van der Waals surface area contributed by atoms with Gasteiger partial charge in [-0.25, -0.2) is 27.1 Å². The van der Waals surface area contributed by atoms with Gasteiger partial charge in [-0.15, -0.1) is 0 Å². The Labute approximate surface area is 397 Å². The van der Waals surface area contributed by atoms with Crippen LogP contribution in [0, 0.1) is 25.6 Å². The minimum absolute atomic E-state index is 0.0124. The molecule has 7 aromatic rings. The molecule has 6 heterocycles. The van der Waals surface area contributed by atoms with Gasteiger partial charge < -0.3 is 18.8 Å². The topological polar surface area (TPSA) is 201 Å². The normalized spacial score (nSPS) is 19.9. The summed E-state index contributed by atoms with van der Waals surface area (Å²) in [6, 6.07) is 15.7. The Hall–Kier alpha value is -6.30. The summed E-state index contributed by atoms with van der Waals surface area (Å²) in [5.74, 6) is -0.358. The Morgan fingerprint density at radius 1 is 0.971 bits per heavy atom. The van der Waals surface area contributed by atoms with E-state index >= 15 is 9.18 Å². The summed E-state index contributed by atoms with van der Waals surface area (Å²) in [6.07, 6.45) is 7.48. The first kappa shape index (κ1) is 46.4. The molecule has 0 spiro atoms. The Bertz CT molecular complexity index is 3470. The van der Waals surface area contributed by atoms with Gasteiger partial charge in [0, 0.05) is 72.7 Å². The molecule has 2 aliphatic heterocycles. The molecule has 362 valence electrons. The number of hydrogen-bond donors (Lipinski definition) is 2. The maximum absolute atomic E-state index is 15.6. The molecule has 3 aliphatic rings. The molecule has 20 heteroatoms. The lowest BCUT2D eigenvalue weighted by Crippen LogP contribution is -2.41. The minimum atomic E-state index is -3.81. The maximum atomic E-state index is 15.6. The average molecular weight is 980 g/mol. The molecule has 3 unspecified atom stereocenters. The highest BCUT2D eigenvalue weighted by Crippen LogP contribution is 2.56. The van der Waals surface area contributed by atoms with Crippen molar-refractivity contribution in [2.45, 2.75) is 84.7 Å². The van der Waals surface area contributed by atoms with Crippen LogP contribution in [0.1, 0.15) is 103 Å². The van der Waals surface area contributed by atoms with Crippen molar-refractivity contribution in [3.8, 4) is 17.2 Å². The molecule has 69 heavy (non-hydrogen) atoms. The molecular formula is C49H55FN9O8PS. The van der Waals surface area contributed by atoms with Crippen molar-refractivity contribution in [2.24, 2.45) is 5.92 Å². The summed E-state index contributed by atoms with van der Waals surface area (Å²) >= 11 is 0. The van der Waals surface area contributed by atoms with Crippen LogP contribution in [0.5, 0.6) is 0 Å². The first-order valence-electron chi connectivity index (χ1n) is 23.4. The van der Waals surface area contributed by atoms with Crippen LogP contribution in [0.4, 0.5) is 10.1 Å². The predicted octanol–water partition coefficient (Wildman–Crippen LogP) is 7.04. The van der Waals surface area contributed by atoms with Crippen LogP contribution < -0.4 is 21.5 Å². The van der Waals surface area contributed by atoms with E-state index in [0.717, 1.165) is 35.6 Å². The number of amides is 1. The van der Waals surface area contributed by atoms with Gasteiger partial charge in [-0.1, -0.05) is 32.0 Å². The van der Waals surface area contributed by atoms with Crippen molar-refractivity contribution < 1.29 is 31.4 Å². The van der Waals surface area contributed by atoms with Crippen LogP contribution in [0.3, 0.4) is 0 Å². The van der Waals surface area contributed by atoms with E-state index in [9.17, 15) is 22.6 Å². The molecule has 2 fully saturated rings. The largest absolute Gasteiger partial charge is 0.438 e. The van der Waals surface area contributed by atoms with Crippen molar-refractivity contribution in [1.29, 1.82) is 0 Å². The van der Waals surface area contributed by atoms with Crippen molar-refractivity contribution in [1.82, 2.24) is 38.5 Å². The SMILES string of the molecule is CCP(=O)(CC)c1ccc(-n2ccn(-c3c4c(nn3-c3cc(C)c(F)c(C)c3)CCN(C(=O)c3cc5cc(C6CCOCC6)ccc5n3C3(c5noc(=O)[nH]5)CC3C)C4C)c2=O)cc1NS(C)(=O)=O. The number of carbonyl (C=O) groups excluding carboxylic acids is 1. The third-order valence-electron chi connectivity index (χ3n) is 14.7. The van der Waals surface area contributed by atoms with E-state index in [1.807, 2.05) is 23.6 Å². The zero-order valence-electron chi connectivity index (χ0n) is 39.6. The molecule has 3 aromatic carbocycles. The van der Waals surface area contributed by atoms with Crippen LogP contribution >= 0.6 is 7.14 Å². The summed E-state index contributed by atoms with van der Waals surface area (Å²) in [6.45, 7) is 12.5. The molecule has 10 rings (SSSR count). The van der Waals surface area contributed by atoms with Crippen LogP contribution in [-0.4, -0.2) is 91.2 Å². The van der Waals surface area contributed by atoms with Gasteiger partial charge in [-0.2, -0.15) is 5.10 Å². The zero-order valence-corrected chi connectivity index (χ0v) is 41.3. The van der Waals surface area contributed by atoms with E-state index in [0.29, 0.717) is 101 Å². The van der Waals surface area contributed by atoms with Crippen molar-refractivity contribution in [3.63, 3.8) is 0 Å². The number of hydrogen-bond acceptors (Lipinski definition) is 10. The lowest BCUT2D eigenvalue weighted by molar-refractivity contribution is 0.0663. The number of carbonyl (C=O) groups is 1. The number of aromatic amines is 1. The molecule has 1 saturated heterocycles. The molecular weight excluding hydrogens is 925 g/mol. The lowest BCUT2D eigenvalue weighted by atomic mass is 9.91. The summed E-state index contributed by atoms with van der Waals surface area (Å²) in [4.78, 5) is 47.5. The van der Waals surface area contributed by atoms with Gasteiger partial charge >= 0.3 is 11.4 Å². The number of anilines is 1. The third-order valence-corrected chi connectivity index (χ3v) is 18.6. The van der Waals surface area contributed by atoms with E-state index in [2.05, 4.69) is 33.9 Å². The van der Waals surface area contributed by atoms with Crippen molar-refractivity contribution >= 4 is 45.0 Å². The van der Waals surface area contributed by atoms with E-state index in [1.54, 1.807) is 73.9 Å². The number of aromatic nitrogens is 7. The first-order valence-corrected chi connectivity index (χ1v) is 27.4. The summed E-state index contributed by atoms with van der Waals surface area (Å²) < 4.78 is 74.1. The van der Waals surface area contributed by atoms with Gasteiger partial charge in [0.2, 0.25) is 10.0 Å². The third kappa shape index (κ3) is 7.73. The van der Waals surface area contributed by atoms with E-state index in [-0.39, 0.29) is 29.9 Å². The van der Waals surface area contributed by atoms with Gasteiger partial charge in [0.1, 0.15) is 30.0 Å². The molecule has 17 nitrogen and oxygen atoms in total. The molecule has 1 amide bonds. The number of rotatable bonds is 12. The number of nitrogens with zero attached hydrogens (tertiary/aromatic N) is 7. The van der Waals surface area contributed by atoms with Crippen LogP contribution in [0.15, 0.2) is 81.1 Å². The van der Waals surface area contributed by atoms with Gasteiger partial charge in [-0.3, -0.25) is 28.2 Å². The molecule has 0 bridgehead atoms. The highest BCUT2D eigenvalue weighted by molar-refractivity contribution is 7.92. The molecule has 0 radical (unpaired) electrons. The smallest absolute Gasteiger partial charge is 0.381 e. The van der Waals surface area contributed by atoms with Gasteiger partial charge in [0.15, 0.2) is 5.82 Å².